The Bertz CT molecular complexity index is 3400. The number of carboxylic acid groups (broad SMARTS) is 1. The molecule has 1 aromatic carbocycles. The van der Waals surface area contributed by atoms with Crippen LogP contribution in [0.15, 0.2) is 42.0 Å². The number of methoxy groups -OCH3 is 1. The Kier molecular flexibility index (Phi) is 24.8. The average Bonchev–Trinajstić information content (AvgIpc) is 0.949. The van der Waals surface area contributed by atoms with E-state index in [-0.39, 0.29) is 32.1 Å². The third-order valence-corrected chi connectivity index (χ3v) is 26.7. The molecule has 0 radical (unpaired) electrons. The molecule has 6 aliphatic heterocycles. The van der Waals surface area contributed by atoms with Crippen molar-refractivity contribution in [2.75, 3.05) is 46.8 Å². The molecule has 11 aliphatic rings. The number of carbonyl (C=O) groups excluding carboxylic acids is 2. The second-order valence-corrected chi connectivity index (χ2v) is 33.4. The topological polar surface area (TPSA) is 545 Å². The summed E-state index contributed by atoms with van der Waals surface area (Å²) in [5, 5.41) is 201. The van der Waals surface area contributed by atoms with Crippen LogP contribution in [0.4, 0.5) is 0 Å². The van der Waals surface area contributed by atoms with Gasteiger partial charge in [-0.25, -0.2) is 4.79 Å². The minimum absolute atomic E-state index is 0.0186. The molecule has 35 nitrogen and oxygen atoms in total. The van der Waals surface area contributed by atoms with Gasteiger partial charge in [-0.15, -0.1) is 0 Å². The Balaban J connectivity index is 0.837. The summed E-state index contributed by atoms with van der Waals surface area (Å²) in [5.74, 6) is -4.33. The summed E-state index contributed by atoms with van der Waals surface area (Å²) in [5.41, 5.74) is -7.53. The Labute approximate surface area is 628 Å². The SMILES string of the molecule is COc1ccc(C=CC(=O)OC2C(C)OC(OC(=O)C34CCC(C)(C)CC3C3=CCC5C6(C)CC(O)C(OC7OC(CO)C(O)C(O)C7O)C(C)(C(=O)O)C6CCC5(C)C3(CO)CC4)C(OC3OC(C)C(OC4OCC(OC5OC(CO)C(O)C(O)C5O)C(O)C4O)C(OC4OCC(O)(CO)C4O)C3O)C2O)cc1. The highest BCUT2D eigenvalue weighted by molar-refractivity contribution is 5.87. The van der Waals surface area contributed by atoms with Gasteiger partial charge in [-0.1, -0.05) is 51.5 Å². The number of aliphatic hydroxyl groups excluding tert-OH is 16. The Morgan fingerprint density at radius 2 is 1.16 bits per heavy atom. The number of ether oxygens (including phenoxy) is 14. The summed E-state index contributed by atoms with van der Waals surface area (Å²) in [4.78, 5) is 44.0. The molecule has 37 atom stereocenters. The number of carboxylic acids is 1. The maximum Gasteiger partial charge on any atom is 0.331 e. The van der Waals surface area contributed by atoms with Gasteiger partial charge < -0.3 is 158 Å². The first-order valence-corrected chi connectivity index (χ1v) is 37.5. The van der Waals surface area contributed by atoms with Crippen molar-refractivity contribution in [3.8, 4) is 5.75 Å². The van der Waals surface area contributed by atoms with Gasteiger partial charge >= 0.3 is 17.9 Å². The third-order valence-electron chi connectivity index (χ3n) is 26.7. The number of benzene rings is 1. The quantitative estimate of drug-likeness (QED) is 0.0243. The molecule has 35 heteroatoms. The molecule has 12 rings (SSSR count). The van der Waals surface area contributed by atoms with Gasteiger partial charge in [0.05, 0.1) is 75.9 Å². The molecule has 0 aromatic heterocycles. The van der Waals surface area contributed by atoms with Crippen LogP contribution in [0.5, 0.6) is 5.75 Å². The molecular formula is C74H110O35. The maximum absolute atomic E-state index is 16.2. The lowest BCUT2D eigenvalue weighted by Gasteiger charge is -2.71. The largest absolute Gasteiger partial charge is 0.497 e. The fraction of sp³-hybridized carbons (Fsp3) is 0.824. The summed E-state index contributed by atoms with van der Waals surface area (Å²) >= 11 is 0. The van der Waals surface area contributed by atoms with Gasteiger partial charge in [-0.2, -0.15) is 0 Å². The van der Waals surface area contributed by atoms with Crippen LogP contribution in [-0.4, -0.2) is 334 Å². The first kappa shape index (κ1) is 84.2. The molecule has 6 saturated heterocycles. The van der Waals surface area contributed by atoms with Crippen LogP contribution in [0.25, 0.3) is 6.08 Å². The van der Waals surface area contributed by atoms with Crippen LogP contribution in [0, 0.1) is 50.2 Å². The van der Waals surface area contributed by atoms with Crippen molar-refractivity contribution in [1.82, 2.24) is 0 Å². The highest BCUT2D eigenvalue weighted by Crippen LogP contribution is 2.76. The lowest BCUT2D eigenvalue weighted by atomic mass is 9.33. The molecule has 0 bridgehead atoms. The number of aliphatic hydroxyl groups is 17. The Morgan fingerprint density at radius 3 is 1.76 bits per heavy atom. The summed E-state index contributed by atoms with van der Waals surface area (Å²) < 4.78 is 84.2. The highest BCUT2D eigenvalue weighted by atomic mass is 16.8. The molecule has 37 unspecified atom stereocenters. The van der Waals surface area contributed by atoms with Crippen molar-refractivity contribution >= 4 is 24.0 Å². The Morgan fingerprint density at radius 1 is 0.569 bits per heavy atom. The molecule has 6 heterocycles. The molecule has 1 aromatic rings. The fourth-order valence-corrected chi connectivity index (χ4v) is 20.2. The van der Waals surface area contributed by atoms with E-state index < -0.39 is 285 Å². The number of carbonyl (C=O) groups is 3. The van der Waals surface area contributed by atoms with Crippen molar-refractivity contribution in [3.05, 3.63) is 47.6 Å². The normalized spacial score (nSPS) is 49.8. The van der Waals surface area contributed by atoms with Gasteiger partial charge in [0.1, 0.15) is 115 Å². The number of aliphatic carboxylic acids is 1. The van der Waals surface area contributed by atoms with Crippen LogP contribution in [0.1, 0.15) is 112 Å². The van der Waals surface area contributed by atoms with Crippen LogP contribution < -0.4 is 4.74 Å². The number of esters is 2. The van der Waals surface area contributed by atoms with Crippen LogP contribution >= 0.6 is 0 Å². The first-order valence-electron chi connectivity index (χ1n) is 37.5. The second kappa shape index (κ2) is 32.1. The van der Waals surface area contributed by atoms with Crippen LogP contribution in [-0.2, 0) is 76.0 Å². The molecular weight excluding hydrogens is 1450 g/mol. The smallest absolute Gasteiger partial charge is 0.331 e. The summed E-state index contributed by atoms with van der Waals surface area (Å²) in [6.07, 6.45) is -42.7. The second-order valence-electron chi connectivity index (χ2n) is 33.4. The molecule has 109 heavy (non-hydrogen) atoms. The van der Waals surface area contributed by atoms with Crippen LogP contribution in [0.2, 0.25) is 0 Å². The third kappa shape index (κ3) is 14.8. The molecule has 5 aliphatic carbocycles. The standard InChI is InChI=1S/C74H110O35/c1-31-54(104-43(80)16-11-33-9-12-34(96-8)13-10-33)52(89)57(107-63-53(90)56(106-65-58(91)74(95,29-78)30-98-65)55(32(2)99-63)105-60-49(86)46(83)40(27-97-60)103-61-50(87)47(84)44(81)38(25-75)101-61)64(100-31)109-67(94)72-20-19-68(3,4)23-36(72)35-14-15-41-69(5)24-37(79)59(108-62-51(88)48(85)45(82)39(26-76)102-62)71(7,66(92)93)42(69)17-18-70(41,6)73(35,28-77)22-21-72/h9-14,16,31-32,36-42,44-65,75-79,81-91,95H,15,17-30H2,1-8H3,(H,92,93). The predicted molar refractivity (Wildman–Crippen MR) is 364 cm³/mol. The number of hydrogen-bond acceptors (Lipinski definition) is 34. The minimum Gasteiger partial charge on any atom is -0.497 e. The lowest BCUT2D eigenvalue weighted by molar-refractivity contribution is -0.388. The molecule has 0 amide bonds. The van der Waals surface area contributed by atoms with E-state index >= 15 is 4.79 Å². The maximum atomic E-state index is 16.2. The van der Waals surface area contributed by atoms with Gasteiger partial charge in [-0.3, -0.25) is 9.59 Å². The Hall–Kier alpha value is -4.21. The van der Waals surface area contributed by atoms with Crippen molar-refractivity contribution in [3.63, 3.8) is 0 Å². The van der Waals surface area contributed by atoms with Gasteiger partial charge in [0.2, 0.25) is 6.29 Å². The molecule has 10 fully saturated rings. The first-order chi connectivity index (χ1) is 51.4. The van der Waals surface area contributed by atoms with Gasteiger partial charge in [0, 0.05) is 11.5 Å². The lowest BCUT2D eigenvalue weighted by Crippen LogP contribution is -2.71. The number of fused-ring (bicyclic) bond motifs is 7. The summed E-state index contributed by atoms with van der Waals surface area (Å²) in [6, 6.07) is 6.67. The van der Waals surface area contributed by atoms with E-state index in [2.05, 4.69) is 20.8 Å². The van der Waals surface area contributed by atoms with E-state index in [1.54, 1.807) is 24.3 Å². The van der Waals surface area contributed by atoms with Gasteiger partial charge in [-0.05, 0) is 136 Å². The van der Waals surface area contributed by atoms with Crippen molar-refractivity contribution in [2.45, 2.75) is 284 Å². The zero-order valence-electron chi connectivity index (χ0n) is 62.0. The van der Waals surface area contributed by atoms with Gasteiger partial charge in [0.15, 0.2) is 43.7 Å². The van der Waals surface area contributed by atoms with E-state index in [1.165, 1.54) is 34.0 Å². The number of rotatable bonds is 21. The molecule has 0 spiro atoms. The molecule has 18 N–H and O–H groups in total. The van der Waals surface area contributed by atoms with E-state index in [0.29, 0.717) is 37.0 Å². The highest BCUT2D eigenvalue weighted by Gasteiger charge is 2.74. The van der Waals surface area contributed by atoms with E-state index in [0.717, 1.165) is 11.6 Å². The summed E-state index contributed by atoms with van der Waals surface area (Å²) in [6.45, 7) is 8.13. The molecule has 616 valence electrons. The number of hydrogen-bond donors (Lipinski definition) is 18. The summed E-state index contributed by atoms with van der Waals surface area (Å²) in [7, 11) is 1.49. The molecule has 4 saturated carbocycles. The number of allylic oxidation sites excluding steroid dienone is 1. The van der Waals surface area contributed by atoms with Crippen molar-refractivity contribution in [1.29, 1.82) is 0 Å². The van der Waals surface area contributed by atoms with E-state index in [4.69, 9.17) is 66.3 Å². The predicted octanol–water partition coefficient (Wildman–Crippen LogP) is -3.77. The fourth-order valence-electron chi connectivity index (χ4n) is 20.2. The van der Waals surface area contributed by atoms with Gasteiger partial charge in [0.25, 0.3) is 0 Å². The minimum atomic E-state index is -2.30. The van der Waals surface area contributed by atoms with Crippen molar-refractivity contribution in [2.24, 2.45) is 50.2 Å². The van der Waals surface area contributed by atoms with E-state index in [1.807, 2.05) is 13.0 Å². The monoisotopic (exact) mass is 1560 g/mol. The zero-order valence-corrected chi connectivity index (χ0v) is 62.0. The average molecular weight is 1560 g/mol. The van der Waals surface area contributed by atoms with Crippen molar-refractivity contribution < 1.29 is 173 Å². The zero-order chi connectivity index (χ0) is 79.3. The van der Waals surface area contributed by atoms with Crippen LogP contribution in [0.3, 0.4) is 0 Å². The van der Waals surface area contributed by atoms with E-state index in [9.17, 15) is 102 Å².